The van der Waals surface area contributed by atoms with Crippen LogP contribution in [0.1, 0.15) is 24.2 Å². The quantitative estimate of drug-likeness (QED) is 0.770. The lowest BCUT2D eigenvalue weighted by Gasteiger charge is -2.15. The molecule has 0 radical (unpaired) electrons. The van der Waals surface area contributed by atoms with Gasteiger partial charge in [-0.05, 0) is 29.8 Å². The fraction of sp³-hybridized carbons (Fsp3) is 0.176. The molecule has 0 bridgehead atoms. The summed E-state index contributed by atoms with van der Waals surface area (Å²) in [4.78, 5) is 0. The molecule has 1 unspecified atom stereocenters. The SMILES string of the molecule is CCOc1ccccc1C(O)c1csc2ccccc12. The summed E-state index contributed by atoms with van der Waals surface area (Å²) in [5, 5.41) is 13.8. The van der Waals surface area contributed by atoms with E-state index in [0.717, 1.165) is 22.3 Å². The van der Waals surface area contributed by atoms with Crippen LogP contribution in [0.25, 0.3) is 10.1 Å². The molecule has 1 heterocycles. The van der Waals surface area contributed by atoms with Gasteiger partial charge in [-0.1, -0.05) is 36.4 Å². The molecular formula is C17H16O2S. The van der Waals surface area contributed by atoms with Crippen LogP contribution in [-0.2, 0) is 0 Å². The Bertz CT molecular complexity index is 718. The van der Waals surface area contributed by atoms with Gasteiger partial charge in [0.05, 0.1) is 6.61 Å². The minimum absolute atomic E-state index is 0.591. The maximum absolute atomic E-state index is 10.7. The second kappa shape index (κ2) is 5.65. The Morgan fingerprint density at radius 3 is 2.65 bits per heavy atom. The molecule has 3 rings (SSSR count). The molecule has 0 aliphatic carbocycles. The number of fused-ring (bicyclic) bond motifs is 1. The molecule has 3 heteroatoms. The van der Waals surface area contributed by atoms with E-state index in [1.807, 2.05) is 54.8 Å². The number of aliphatic hydroxyl groups is 1. The van der Waals surface area contributed by atoms with Crippen LogP contribution in [0.5, 0.6) is 5.75 Å². The van der Waals surface area contributed by atoms with Crippen LogP contribution in [0.15, 0.2) is 53.9 Å². The first kappa shape index (κ1) is 13.2. The van der Waals surface area contributed by atoms with Gasteiger partial charge in [0.2, 0.25) is 0 Å². The van der Waals surface area contributed by atoms with Crippen molar-refractivity contribution in [1.82, 2.24) is 0 Å². The standard InChI is InChI=1S/C17H16O2S/c1-2-19-15-9-5-3-8-13(15)17(18)14-11-20-16-10-6-4-7-12(14)16/h3-11,17-18H,2H2,1H3. The Hall–Kier alpha value is -1.84. The van der Waals surface area contributed by atoms with E-state index in [2.05, 4.69) is 6.07 Å². The Labute approximate surface area is 122 Å². The molecule has 0 aliphatic heterocycles. The molecule has 0 spiro atoms. The summed E-state index contributed by atoms with van der Waals surface area (Å²) in [5.74, 6) is 0.748. The summed E-state index contributed by atoms with van der Waals surface area (Å²) < 4.78 is 6.80. The molecule has 20 heavy (non-hydrogen) atoms. The number of benzene rings is 2. The van der Waals surface area contributed by atoms with Crippen LogP contribution in [0.4, 0.5) is 0 Å². The molecular weight excluding hydrogens is 268 g/mol. The normalized spacial score (nSPS) is 12.5. The van der Waals surface area contributed by atoms with Crippen molar-refractivity contribution in [3.05, 3.63) is 65.0 Å². The summed E-state index contributed by atoms with van der Waals surface area (Å²) in [5.41, 5.74) is 1.76. The number of para-hydroxylation sites is 1. The topological polar surface area (TPSA) is 29.5 Å². The van der Waals surface area contributed by atoms with Gasteiger partial charge >= 0.3 is 0 Å². The molecule has 1 atom stereocenters. The van der Waals surface area contributed by atoms with Crippen molar-refractivity contribution < 1.29 is 9.84 Å². The van der Waals surface area contributed by atoms with Gasteiger partial charge in [-0.15, -0.1) is 11.3 Å². The van der Waals surface area contributed by atoms with Crippen molar-refractivity contribution in [3.8, 4) is 5.75 Å². The predicted octanol–water partition coefficient (Wildman–Crippen LogP) is 4.38. The first-order chi connectivity index (χ1) is 9.81. The molecule has 0 saturated carbocycles. The average Bonchev–Trinajstić information content (AvgIpc) is 2.91. The molecule has 1 aromatic heterocycles. The summed E-state index contributed by atoms with van der Waals surface area (Å²) >= 11 is 1.66. The fourth-order valence-corrected chi connectivity index (χ4v) is 3.35. The minimum Gasteiger partial charge on any atom is -0.493 e. The summed E-state index contributed by atoms with van der Waals surface area (Å²) in [6.07, 6.45) is -0.658. The van der Waals surface area contributed by atoms with Crippen molar-refractivity contribution in [1.29, 1.82) is 0 Å². The Balaban J connectivity index is 2.06. The van der Waals surface area contributed by atoms with Gasteiger partial charge in [0.15, 0.2) is 0 Å². The highest BCUT2D eigenvalue weighted by Crippen LogP contribution is 2.36. The summed E-state index contributed by atoms with van der Waals surface area (Å²) in [6, 6.07) is 15.8. The second-order valence-corrected chi connectivity index (χ2v) is 5.47. The van der Waals surface area contributed by atoms with Crippen molar-refractivity contribution in [2.45, 2.75) is 13.0 Å². The predicted molar refractivity (Wildman–Crippen MR) is 83.5 cm³/mol. The molecule has 2 aromatic carbocycles. The van der Waals surface area contributed by atoms with E-state index >= 15 is 0 Å². The largest absolute Gasteiger partial charge is 0.493 e. The average molecular weight is 284 g/mol. The minimum atomic E-state index is -0.658. The van der Waals surface area contributed by atoms with Crippen LogP contribution >= 0.6 is 11.3 Å². The third-order valence-corrected chi connectivity index (χ3v) is 4.30. The third-order valence-electron chi connectivity index (χ3n) is 3.32. The number of hydrogen-bond acceptors (Lipinski definition) is 3. The smallest absolute Gasteiger partial charge is 0.125 e. The van der Waals surface area contributed by atoms with E-state index in [4.69, 9.17) is 4.74 Å². The number of rotatable bonds is 4. The van der Waals surface area contributed by atoms with E-state index < -0.39 is 6.10 Å². The van der Waals surface area contributed by atoms with Crippen molar-refractivity contribution in [3.63, 3.8) is 0 Å². The van der Waals surface area contributed by atoms with Crippen LogP contribution in [0, 0.1) is 0 Å². The summed E-state index contributed by atoms with van der Waals surface area (Å²) in [7, 11) is 0. The first-order valence-corrected chi connectivity index (χ1v) is 7.55. The van der Waals surface area contributed by atoms with Crippen molar-refractivity contribution in [2.75, 3.05) is 6.61 Å². The molecule has 2 nitrogen and oxygen atoms in total. The maximum Gasteiger partial charge on any atom is 0.125 e. The molecule has 102 valence electrons. The maximum atomic E-state index is 10.7. The van der Waals surface area contributed by atoms with Crippen LogP contribution in [-0.4, -0.2) is 11.7 Å². The molecule has 0 aliphatic rings. The molecule has 1 N–H and O–H groups in total. The second-order valence-electron chi connectivity index (χ2n) is 4.56. The lowest BCUT2D eigenvalue weighted by atomic mass is 10.00. The lowest BCUT2D eigenvalue weighted by molar-refractivity contribution is 0.214. The van der Waals surface area contributed by atoms with Gasteiger partial charge in [-0.25, -0.2) is 0 Å². The first-order valence-electron chi connectivity index (χ1n) is 6.67. The number of ether oxygens (including phenoxy) is 1. The third kappa shape index (κ3) is 2.30. The van der Waals surface area contributed by atoms with Crippen molar-refractivity contribution >= 4 is 21.4 Å². The van der Waals surface area contributed by atoms with E-state index in [1.165, 1.54) is 4.70 Å². The Kier molecular flexibility index (Phi) is 3.72. The van der Waals surface area contributed by atoms with Crippen LogP contribution in [0.3, 0.4) is 0 Å². The van der Waals surface area contributed by atoms with Gasteiger partial charge in [0, 0.05) is 15.8 Å². The van der Waals surface area contributed by atoms with E-state index in [-0.39, 0.29) is 0 Å². The Morgan fingerprint density at radius 1 is 1.05 bits per heavy atom. The molecule has 0 fully saturated rings. The van der Waals surface area contributed by atoms with Crippen LogP contribution < -0.4 is 4.74 Å². The van der Waals surface area contributed by atoms with Gasteiger partial charge in [0.25, 0.3) is 0 Å². The van der Waals surface area contributed by atoms with Gasteiger partial charge in [0.1, 0.15) is 11.9 Å². The number of aliphatic hydroxyl groups excluding tert-OH is 1. The fourth-order valence-electron chi connectivity index (χ4n) is 2.37. The molecule has 3 aromatic rings. The highest BCUT2D eigenvalue weighted by molar-refractivity contribution is 7.17. The lowest BCUT2D eigenvalue weighted by Crippen LogP contribution is -2.03. The number of thiophene rings is 1. The van der Waals surface area contributed by atoms with Gasteiger partial charge in [-0.2, -0.15) is 0 Å². The molecule has 0 saturated heterocycles. The Morgan fingerprint density at radius 2 is 1.80 bits per heavy atom. The van der Waals surface area contributed by atoms with Gasteiger partial charge < -0.3 is 9.84 Å². The van der Waals surface area contributed by atoms with Crippen molar-refractivity contribution in [2.24, 2.45) is 0 Å². The van der Waals surface area contributed by atoms with Crippen LogP contribution in [0.2, 0.25) is 0 Å². The van der Waals surface area contributed by atoms with E-state index in [1.54, 1.807) is 11.3 Å². The van der Waals surface area contributed by atoms with E-state index in [9.17, 15) is 5.11 Å². The molecule has 0 amide bonds. The highest BCUT2D eigenvalue weighted by Gasteiger charge is 2.18. The zero-order valence-electron chi connectivity index (χ0n) is 11.2. The monoisotopic (exact) mass is 284 g/mol. The summed E-state index contributed by atoms with van der Waals surface area (Å²) in [6.45, 7) is 2.54. The zero-order chi connectivity index (χ0) is 13.9. The van der Waals surface area contributed by atoms with Gasteiger partial charge in [-0.3, -0.25) is 0 Å². The number of hydrogen-bond donors (Lipinski definition) is 1. The highest BCUT2D eigenvalue weighted by atomic mass is 32.1. The zero-order valence-corrected chi connectivity index (χ0v) is 12.1. The van der Waals surface area contributed by atoms with E-state index in [0.29, 0.717) is 6.61 Å².